The molecule has 0 spiro atoms. The van der Waals surface area contributed by atoms with Gasteiger partial charge in [0.1, 0.15) is 11.5 Å². The molecule has 1 N–H and O–H groups in total. The van der Waals surface area contributed by atoms with E-state index in [1.807, 2.05) is 13.0 Å². The van der Waals surface area contributed by atoms with Crippen LogP contribution < -0.4 is 9.47 Å². The fourth-order valence-electron chi connectivity index (χ4n) is 4.14. The highest BCUT2D eigenvalue weighted by molar-refractivity contribution is 5.81. The summed E-state index contributed by atoms with van der Waals surface area (Å²) in [5.41, 5.74) is 2.23. The Morgan fingerprint density at radius 2 is 1.88 bits per heavy atom. The third kappa shape index (κ3) is 4.24. The standard InChI is InChI=1S/C23H27N7O3/c1-12(2)19-27-22(33-30-19)14-5-7-15(8-6-14)32-23-17-11-24-29-21(17)26-20(28-23)16-9-10-18(31-4)25-13(16)3/h9-12,14-15H,5-8H2,1-4H3,(H,24,26,28,29). The van der Waals surface area contributed by atoms with Gasteiger partial charge in [-0.1, -0.05) is 19.0 Å². The maximum atomic E-state index is 6.38. The van der Waals surface area contributed by atoms with Gasteiger partial charge in [-0.3, -0.25) is 5.10 Å². The second kappa shape index (κ2) is 8.76. The number of aryl methyl sites for hydroxylation is 1. The lowest BCUT2D eigenvalue weighted by molar-refractivity contribution is 0.135. The molecular formula is C23H27N7O3. The fraction of sp³-hybridized carbons (Fsp3) is 0.478. The minimum Gasteiger partial charge on any atom is -0.481 e. The van der Waals surface area contributed by atoms with Crippen LogP contribution in [0.4, 0.5) is 0 Å². The molecule has 4 aromatic rings. The van der Waals surface area contributed by atoms with Crippen LogP contribution in [-0.2, 0) is 0 Å². The monoisotopic (exact) mass is 449 g/mol. The number of ether oxygens (including phenoxy) is 2. The van der Waals surface area contributed by atoms with Crippen LogP contribution >= 0.6 is 0 Å². The lowest BCUT2D eigenvalue weighted by Gasteiger charge is -2.26. The lowest BCUT2D eigenvalue weighted by Crippen LogP contribution is -2.24. The molecule has 0 atom stereocenters. The van der Waals surface area contributed by atoms with Crippen molar-refractivity contribution in [2.75, 3.05) is 7.11 Å². The summed E-state index contributed by atoms with van der Waals surface area (Å²) >= 11 is 0. The molecule has 10 nitrogen and oxygen atoms in total. The molecule has 4 heterocycles. The number of H-pyrrole nitrogens is 1. The number of aromatic amines is 1. The summed E-state index contributed by atoms with van der Waals surface area (Å²) in [5, 5.41) is 11.9. The Bertz CT molecular complexity index is 1260. The first-order valence-corrected chi connectivity index (χ1v) is 11.2. The maximum absolute atomic E-state index is 6.38. The highest BCUT2D eigenvalue weighted by atomic mass is 16.5. The van der Waals surface area contributed by atoms with Gasteiger partial charge in [0.2, 0.25) is 17.7 Å². The zero-order chi connectivity index (χ0) is 22.9. The molecule has 1 saturated carbocycles. The van der Waals surface area contributed by atoms with Crippen LogP contribution in [0.1, 0.15) is 68.8 Å². The van der Waals surface area contributed by atoms with Crippen molar-refractivity contribution in [3.8, 4) is 23.1 Å². The van der Waals surface area contributed by atoms with Crippen molar-refractivity contribution < 1.29 is 14.0 Å². The molecule has 10 heteroatoms. The highest BCUT2D eigenvalue weighted by Crippen LogP contribution is 2.35. The third-order valence-corrected chi connectivity index (χ3v) is 6.06. The van der Waals surface area contributed by atoms with Gasteiger partial charge in [0.05, 0.1) is 19.0 Å². The number of hydrogen-bond acceptors (Lipinski definition) is 9. The normalized spacial score (nSPS) is 18.7. The van der Waals surface area contributed by atoms with Gasteiger partial charge in [-0.25, -0.2) is 9.97 Å². The zero-order valence-corrected chi connectivity index (χ0v) is 19.2. The smallest absolute Gasteiger partial charge is 0.229 e. The minimum absolute atomic E-state index is 0.0460. The maximum Gasteiger partial charge on any atom is 0.229 e. The Morgan fingerprint density at radius 3 is 2.58 bits per heavy atom. The number of nitrogens with zero attached hydrogens (tertiary/aromatic N) is 6. The van der Waals surface area contributed by atoms with Gasteiger partial charge >= 0.3 is 0 Å². The molecule has 4 aromatic heterocycles. The van der Waals surface area contributed by atoms with E-state index >= 15 is 0 Å². The Morgan fingerprint density at radius 1 is 1.06 bits per heavy atom. The van der Waals surface area contributed by atoms with Crippen LogP contribution in [0.3, 0.4) is 0 Å². The van der Waals surface area contributed by atoms with Crippen LogP contribution in [0.25, 0.3) is 22.4 Å². The molecule has 0 saturated heterocycles. The van der Waals surface area contributed by atoms with E-state index in [-0.39, 0.29) is 17.9 Å². The summed E-state index contributed by atoms with van der Waals surface area (Å²) < 4.78 is 17.1. The average Bonchev–Trinajstić information content (AvgIpc) is 3.49. The first-order valence-electron chi connectivity index (χ1n) is 11.2. The first-order chi connectivity index (χ1) is 16.0. The fourth-order valence-corrected chi connectivity index (χ4v) is 4.14. The Kier molecular flexibility index (Phi) is 5.65. The van der Waals surface area contributed by atoms with Crippen molar-refractivity contribution >= 4 is 11.0 Å². The van der Waals surface area contributed by atoms with Gasteiger partial charge in [-0.2, -0.15) is 15.1 Å². The summed E-state index contributed by atoms with van der Waals surface area (Å²) in [6, 6.07) is 3.70. The number of hydrogen-bond donors (Lipinski definition) is 1. The van der Waals surface area contributed by atoms with Gasteiger partial charge < -0.3 is 14.0 Å². The molecule has 0 radical (unpaired) electrons. The molecule has 1 fully saturated rings. The van der Waals surface area contributed by atoms with E-state index in [4.69, 9.17) is 19.0 Å². The topological polar surface area (TPSA) is 125 Å². The van der Waals surface area contributed by atoms with Crippen molar-refractivity contribution in [1.29, 1.82) is 0 Å². The molecule has 0 aromatic carbocycles. The van der Waals surface area contributed by atoms with Crippen molar-refractivity contribution in [1.82, 2.24) is 35.3 Å². The lowest BCUT2D eigenvalue weighted by atomic mass is 9.87. The molecular weight excluding hydrogens is 422 g/mol. The summed E-state index contributed by atoms with van der Waals surface area (Å²) in [5.74, 6) is 3.65. The Hall–Kier alpha value is -3.56. The van der Waals surface area contributed by atoms with E-state index in [0.717, 1.165) is 54.0 Å². The van der Waals surface area contributed by atoms with E-state index in [0.29, 0.717) is 23.2 Å². The van der Waals surface area contributed by atoms with Crippen molar-refractivity contribution in [2.45, 2.75) is 64.4 Å². The number of aromatic nitrogens is 7. The summed E-state index contributed by atoms with van der Waals surface area (Å²) in [6.45, 7) is 6.04. The number of pyridine rings is 1. The molecule has 1 aliphatic carbocycles. The predicted octanol–water partition coefficient (Wildman–Crippen LogP) is 4.34. The highest BCUT2D eigenvalue weighted by Gasteiger charge is 2.29. The van der Waals surface area contributed by atoms with Crippen molar-refractivity contribution in [2.24, 2.45) is 0 Å². The Labute approximate surface area is 191 Å². The number of rotatable bonds is 6. The van der Waals surface area contributed by atoms with Crippen LogP contribution in [0.5, 0.6) is 11.8 Å². The molecule has 172 valence electrons. The molecule has 5 rings (SSSR count). The van der Waals surface area contributed by atoms with Crippen LogP contribution in [0.2, 0.25) is 0 Å². The molecule has 1 aliphatic rings. The zero-order valence-electron chi connectivity index (χ0n) is 19.2. The van der Waals surface area contributed by atoms with Gasteiger partial charge in [-0.15, -0.1) is 0 Å². The molecule has 0 bridgehead atoms. The van der Waals surface area contributed by atoms with E-state index in [2.05, 4.69) is 44.2 Å². The minimum atomic E-state index is 0.0460. The molecule has 0 unspecified atom stereocenters. The van der Waals surface area contributed by atoms with Crippen LogP contribution in [-0.4, -0.2) is 48.5 Å². The summed E-state index contributed by atoms with van der Waals surface area (Å²) in [4.78, 5) is 18.4. The SMILES string of the molecule is COc1ccc(-c2nc(OC3CCC(c4nc(C(C)C)no4)CC3)c3cn[nH]c3n2)c(C)n1. The summed E-state index contributed by atoms with van der Waals surface area (Å²) in [6.07, 6.45) is 5.37. The average molecular weight is 450 g/mol. The van der Waals surface area contributed by atoms with Gasteiger partial charge in [0.25, 0.3) is 0 Å². The number of nitrogens with one attached hydrogen (secondary N) is 1. The quantitative estimate of drug-likeness (QED) is 0.457. The number of fused-ring (bicyclic) bond motifs is 1. The van der Waals surface area contributed by atoms with Crippen molar-refractivity contribution in [3.05, 3.63) is 35.7 Å². The van der Waals surface area contributed by atoms with Crippen molar-refractivity contribution in [3.63, 3.8) is 0 Å². The first kappa shape index (κ1) is 21.3. The van der Waals surface area contributed by atoms with Gasteiger partial charge in [-0.05, 0) is 38.7 Å². The third-order valence-electron chi connectivity index (χ3n) is 6.06. The second-order valence-corrected chi connectivity index (χ2v) is 8.71. The van der Waals surface area contributed by atoms with E-state index in [1.54, 1.807) is 19.4 Å². The van der Waals surface area contributed by atoms with Gasteiger partial charge in [0, 0.05) is 23.5 Å². The number of methoxy groups -OCH3 is 1. The molecule has 0 amide bonds. The summed E-state index contributed by atoms with van der Waals surface area (Å²) in [7, 11) is 1.59. The molecule has 0 aliphatic heterocycles. The molecule has 33 heavy (non-hydrogen) atoms. The Balaban J connectivity index is 1.34. The van der Waals surface area contributed by atoms with E-state index < -0.39 is 0 Å². The van der Waals surface area contributed by atoms with Crippen LogP contribution in [0, 0.1) is 6.92 Å². The second-order valence-electron chi connectivity index (χ2n) is 8.71. The predicted molar refractivity (Wildman–Crippen MR) is 120 cm³/mol. The largest absolute Gasteiger partial charge is 0.481 e. The van der Waals surface area contributed by atoms with E-state index in [1.165, 1.54) is 0 Å². The van der Waals surface area contributed by atoms with Gasteiger partial charge in [0.15, 0.2) is 17.3 Å². The van der Waals surface area contributed by atoms with Crippen LogP contribution in [0.15, 0.2) is 22.9 Å². The van der Waals surface area contributed by atoms with E-state index in [9.17, 15) is 0 Å².